The van der Waals surface area contributed by atoms with E-state index in [1.54, 1.807) is 0 Å². The van der Waals surface area contributed by atoms with Crippen LogP contribution in [0.15, 0.2) is 78.9 Å². The summed E-state index contributed by atoms with van der Waals surface area (Å²) in [5, 5.41) is 2.99. The molecule has 20 heavy (non-hydrogen) atoms. The van der Waals surface area contributed by atoms with Crippen LogP contribution < -0.4 is 10.6 Å². The highest BCUT2D eigenvalue weighted by molar-refractivity contribution is 7.74. The van der Waals surface area contributed by atoms with Crippen LogP contribution >= 0.6 is 7.92 Å². The maximum Gasteiger partial charge on any atom is 0.0237 e. The van der Waals surface area contributed by atoms with E-state index in [1.807, 2.05) is 0 Å². The predicted molar refractivity (Wildman–Crippen MR) is 90.5 cm³/mol. The third-order valence-corrected chi connectivity index (χ3v) is 6.44. The van der Waals surface area contributed by atoms with Crippen molar-refractivity contribution in [1.29, 1.82) is 0 Å². The lowest BCUT2D eigenvalue weighted by Gasteiger charge is -2.25. The highest BCUT2D eigenvalue weighted by Gasteiger charge is 2.23. The highest BCUT2D eigenvalue weighted by atomic mass is 31.1. The zero-order valence-corrected chi connectivity index (χ0v) is 12.6. The maximum absolute atomic E-state index is 2.34. The Bertz CT molecular complexity index is 613. The quantitative estimate of drug-likeness (QED) is 0.736. The van der Waals surface area contributed by atoms with Crippen molar-refractivity contribution in [3.05, 3.63) is 84.5 Å². The summed E-state index contributed by atoms with van der Waals surface area (Å²) in [6.45, 7) is 2.25. The minimum Gasteiger partial charge on any atom is -0.0727 e. The van der Waals surface area contributed by atoms with Gasteiger partial charge < -0.3 is 0 Å². The summed E-state index contributed by atoms with van der Waals surface area (Å²) < 4.78 is 0. The fourth-order valence-corrected chi connectivity index (χ4v) is 5.47. The second-order valence-electron chi connectivity index (χ2n) is 4.95. The molecule has 0 heterocycles. The standard InChI is InChI=1S/C19H19P/c1-2-16-10-6-9-15-19(16)20(18-13-7-8-14-18)17-11-4-3-5-12-17/h3-15,18H,2H2,1H3. The van der Waals surface area contributed by atoms with Crippen LogP contribution in [0.25, 0.3) is 0 Å². The Balaban J connectivity index is 2.10. The van der Waals surface area contributed by atoms with Crippen molar-refractivity contribution in [1.82, 2.24) is 0 Å². The number of rotatable bonds is 4. The van der Waals surface area contributed by atoms with E-state index in [1.165, 1.54) is 16.2 Å². The van der Waals surface area contributed by atoms with Gasteiger partial charge in [0, 0.05) is 5.66 Å². The highest BCUT2D eigenvalue weighted by Crippen LogP contribution is 2.43. The van der Waals surface area contributed by atoms with Gasteiger partial charge in [-0.3, -0.25) is 0 Å². The van der Waals surface area contributed by atoms with Crippen LogP contribution in [0.1, 0.15) is 12.5 Å². The van der Waals surface area contributed by atoms with Gasteiger partial charge in [-0.1, -0.05) is 85.8 Å². The molecule has 0 spiro atoms. The van der Waals surface area contributed by atoms with Gasteiger partial charge in [0.2, 0.25) is 0 Å². The molecule has 0 aliphatic heterocycles. The molecule has 100 valence electrons. The molecule has 0 N–H and O–H groups in total. The monoisotopic (exact) mass is 278 g/mol. The topological polar surface area (TPSA) is 0 Å². The van der Waals surface area contributed by atoms with E-state index in [2.05, 4.69) is 85.8 Å². The number of benzene rings is 2. The van der Waals surface area contributed by atoms with Gasteiger partial charge in [0.15, 0.2) is 0 Å². The third-order valence-electron chi connectivity index (χ3n) is 3.69. The Morgan fingerprint density at radius 1 is 0.850 bits per heavy atom. The van der Waals surface area contributed by atoms with Crippen LogP contribution in [0, 0.1) is 0 Å². The molecule has 0 aromatic heterocycles. The van der Waals surface area contributed by atoms with E-state index in [9.17, 15) is 0 Å². The fourth-order valence-electron chi connectivity index (χ4n) is 2.70. The van der Waals surface area contributed by atoms with Crippen LogP contribution in [0.2, 0.25) is 0 Å². The molecule has 1 aliphatic carbocycles. The van der Waals surface area contributed by atoms with E-state index < -0.39 is 0 Å². The molecule has 0 saturated carbocycles. The number of hydrogen-bond acceptors (Lipinski definition) is 0. The molecule has 3 rings (SSSR count). The lowest BCUT2D eigenvalue weighted by molar-refractivity contribution is 1.15. The summed E-state index contributed by atoms with van der Waals surface area (Å²) in [4.78, 5) is 0. The van der Waals surface area contributed by atoms with Crippen LogP contribution in [-0.4, -0.2) is 5.66 Å². The molecule has 1 aliphatic rings. The van der Waals surface area contributed by atoms with Crippen LogP contribution in [-0.2, 0) is 6.42 Å². The molecule has 1 atom stereocenters. The van der Waals surface area contributed by atoms with E-state index >= 15 is 0 Å². The lowest BCUT2D eigenvalue weighted by atomic mass is 10.2. The summed E-state index contributed by atoms with van der Waals surface area (Å²) in [5.74, 6) is 0. The zero-order valence-electron chi connectivity index (χ0n) is 11.7. The van der Waals surface area contributed by atoms with E-state index in [0.717, 1.165) is 6.42 Å². The lowest BCUT2D eigenvalue weighted by Crippen LogP contribution is -2.21. The van der Waals surface area contributed by atoms with Crippen molar-refractivity contribution in [2.45, 2.75) is 19.0 Å². The van der Waals surface area contributed by atoms with Crippen molar-refractivity contribution in [3.8, 4) is 0 Å². The van der Waals surface area contributed by atoms with Crippen molar-refractivity contribution >= 4 is 18.5 Å². The van der Waals surface area contributed by atoms with Crippen LogP contribution in [0.5, 0.6) is 0 Å². The SMILES string of the molecule is CCc1ccccc1P(c1ccccc1)C1C=CC=C1. The minimum absolute atomic E-state index is 0.352. The summed E-state index contributed by atoms with van der Waals surface area (Å²) in [6.07, 6.45) is 10.1. The molecule has 0 bridgehead atoms. The van der Waals surface area contributed by atoms with Gasteiger partial charge in [-0.05, 0) is 30.5 Å². The molecule has 2 aromatic carbocycles. The Morgan fingerprint density at radius 3 is 2.20 bits per heavy atom. The minimum atomic E-state index is -0.352. The van der Waals surface area contributed by atoms with E-state index in [4.69, 9.17) is 0 Å². The van der Waals surface area contributed by atoms with Crippen molar-refractivity contribution in [3.63, 3.8) is 0 Å². The van der Waals surface area contributed by atoms with Gasteiger partial charge in [-0.2, -0.15) is 0 Å². The van der Waals surface area contributed by atoms with Gasteiger partial charge in [0.1, 0.15) is 0 Å². The largest absolute Gasteiger partial charge is 0.0727 e. The van der Waals surface area contributed by atoms with Crippen molar-refractivity contribution in [2.24, 2.45) is 0 Å². The molecule has 0 saturated heterocycles. The Morgan fingerprint density at radius 2 is 1.50 bits per heavy atom. The number of aryl methyl sites for hydroxylation is 1. The fraction of sp³-hybridized carbons (Fsp3) is 0.158. The first-order valence-corrected chi connectivity index (χ1v) is 8.58. The summed E-state index contributed by atoms with van der Waals surface area (Å²) in [5.41, 5.74) is 2.01. The summed E-state index contributed by atoms with van der Waals surface area (Å²) in [7, 11) is -0.352. The Hall–Kier alpha value is -1.65. The smallest absolute Gasteiger partial charge is 0.0237 e. The average molecular weight is 278 g/mol. The van der Waals surface area contributed by atoms with Crippen molar-refractivity contribution < 1.29 is 0 Å². The molecule has 2 aromatic rings. The average Bonchev–Trinajstić information content (AvgIpc) is 3.03. The Labute approximate surface area is 122 Å². The first-order chi connectivity index (χ1) is 9.90. The van der Waals surface area contributed by atoms with Gasteiger partial charge in [0.05, 0.1) is 0 Å². The molecule has 0 radical (unpaired) electrons. The first-order valence-electron chi connectivity index (χ1n) is 7.17. The molecule has 0 nitrogen and oxygen atoms in total. The number of allylic oxidation sites excluding steroid dienone is 4. The Kier molecular flexibility index (Phi) is 4.14. The summed E-state index contributed by atoms with van der Waals surface area (Å²) in [6, 6.07) is 19.9. The van der Waals surface area contributed by atoms with E-state index in [-0.39, 0.29) is 7.92 Å². The van der Waals surface area contributed by atoms with Crippen LogP contribution in [0.3, 0.4) is 0 Å². The van der Waals surface area contributed by atoms with Crippen LogP contribution in [0.4, 0.5) is 0 Å². The molecule has 0 amide bonds. The maximum atomic E-state index is 2.34. The van der Waals surface area contributed by atoms with Gasteiger partial charge in [-0.15, -0.1) is 0 Å². The second kappa shape index (κ2) is 6.20. The van der Waals surface area contributed by atoms with E-state index in [0.29, 0.717) is 5.66 Å². The molecule has 0 fully saturated rings. The number of hydrogen-bond donors (Lipinski definition) is 0. The van der Waals surface area contributed by atoms with Gasteiger partial charge >= 0.3 is 0 Å². The zero-order chi connectivity index (χ0) is 13.8. The van der Waals surface area contributed by atoms with Crippen molar-refractivity contribution in [2.75, 3.05) is 0 Å². The molecule has 1 heteroatoms. The summed E-state index contributed by atoms with van der Waals surface area (Å²) >= 11 is 0. The predicted octanol–water partition coefficient (Wildman–Crippen LogP) is 4.18. The van der Waals surface area contributed by atoms with Gasteiger partial charge in [0.25, 0.3) is 0 Å². The molecular weight excluding hydrogens is 259 g/mol. The first kappa shape index (κ1) is 13.3. The molecular formula is C19H19P. The van der Waals surface area contributed by atoms with Gasteiger partial charge in [-0.25, -0.2) is 0 Å². The normalized spacial score (nSPS) is 15.7. The molecule has 1 unspecified atom stereocenters. The second-order valence-corrected chi connectivity index (χ2v) is 7.28. The third kappa shape index (κ3) is 2.62.